The summed E-state index contributed by atoms with van der Waals surface area (Å²) in [6, 6.07) is 13.0. The van der Waals surface area contributed by atoms with Crippen LogP contribution < -0.4 is 10.2 Å². The van der Waals surface area contributed by atoms with Gasteiger partial charge in [0.15, 0.2) is 5.76 Å². The number of ether oxygens (including phenoxy) is 1. The zero-order chi connectivity index (χ0) is 20.8. The highest BCUT2D eigenvalue weighted by Gasteiger charge is 2.12. The Morgan fingerprint density at radius 1 is 1.24 bits per heavy atom. The molecular weight excluding hydrogens is 386 g/mol. The van der Waals surface area contributed by atoms with Crippen LogP contribution in [0.3, 0.4) is 0 Å². The monoisotopic (exact) mass is 411 g/mol. The maximum atomic E-state index is 12.3. The highest BCUT2D eigenvalue weighted by Crippen LogP contribution is 2.25. The molecule has 0 aliphatic carbocycles. The third kappa shape index (κ3) is 6.04. The lowest BCUT2D eigenvalue weighted by Crippen LogP contribution is -2.16. The predicted octanol–water partition coefficient (Wildman–Crippen LogP) is 4.62. The van der Waals surface area contributed by atoms with Crippen molar-refractivity contribution in [1.29, 1.82) is 0 Å². The number of benzene rings is 1. The predicted molar refractivity (Wildman–Crippen MR) is 117 cm³/mol. The Morgan fingerprint density at radius 3 is 2.69 bits per heavy atom. The van der Waals surface area contributed by atoms with Gasteiger partial charge in [-0.25, -0.2) is 5.43 Å². The van der Waals surface area contributed by atoms with Crippen molar-refractivity contribution in [3.05, 3.63) is 64.0 Å². The largest absolute Gasteiger partial charge is 0.491 e. The summed E-state index contributed by atoms with van der Waals surface area (Å²) in [4.78, 5) is 15.3. The standard InChI is InChI=1S/C22H25N3O3S/c1-15(2)27-18-7-5-17(6-8-18)20-9-10-21(28-20)22(26)24-23-12-19-11-16(14-29-19)13-25(3)4/h5-12,14-15H,13H2,1-4H3,(H,24,26). The first-order valence-corrected chi connectivity index (χ1v) is 10.2. The first kappa shape index (κ1) is 20.8. The summed E-state index contributed by atoms with van der Waals surface area (Å²) < 4.78 is 11.3. The van der Waals surface area contributed by atoms with Gasteiger partial charge in [-0.05, 0) is 81.4 Å². The number of thiophene rings is 1. The number of hydrogen-bond donors (Lipinski definition) is 1. The number of hydrogen-bond acceptors (Lipinski definition) is 6. The van der Waals surface area contributed by atoms with Crippen LogP contribution in [-0.4, -0.2) is 37.2 Å². The number of hydrazone groups is 1. The Kier molecular flexibility index (Phi) is 6.85. The van der Waals surface area contributed by atoms with E-state index in [0.29, 0.717) is 5.76 Å². The van der Waals surface area contributed by atoms with Crippen LogP contribution in [0.1, 0.15) is 34.8 Å². The van der Waals surface area contributed by atoms with Gasteiger partial charge in [0.05, 0.1) is 12.3 Å². The molecule has 6 nitrogen and oxygen atoms in total. The van der Waals surface area contributed by atoms with Crippen LogP contribution in [0, 0.1) is 0 Å². The second-order valence-electron chi connectivity index (χ2n) is 7.15. The van der Waals surface area contributed by atoms with Gasteiger partial charge in [0.1, 0.15) is 11.5 Å². The van der Waals surface area contributed by atoms with Crippen molar-refractivity contribution >= 4 is 23.5 Å². The van der Waals surface area contributed by atoms with E-state index in [-0.39, 0.29) is 11.9 Å². The fourth-order valence-electron chi connectivity index (χ4n) is 2.70. The lowest BCUT2D eigenvalue weighted by molar-refractivity contribution is 0.0928. The summed E-state index contributed by atoms with van der Waals surface area (Å²) in [6.07, 6.45) is 1.76. The van der Waals surface area contributed by atoms with E-state index >= 15 is 0 Å². The number of rotatable bonds is 8. The Morgan fingerprint density at radius 2 is 2.00 bits per heavy atom. The summed E-state index contributed by atoms with van der Waals surface area (Å²) in [5, 5.41) is 6.11. The molecule has 2 aromatic heterocycles. The topological polar surface area (TPSA) is 67.1 Å². The Labute approximate surface area is 174 Å². The van der Waals surface area contributed by atoms with E-state index in [0.717, 1.165) is 22.7 Å². The van der Waals surface area contributed by atoms with Crippen LogP contribution in [0.2, 0.25) is 0 Å². The normalized spacial score (nSPS) is 11.5. The molecule has 0 fully saturated rings. The molecule has 3 aromatic rings. The van der Waals surface area contributed by atoms with Crippen molar-refractivity contribution in [2.24, 2.45) is 5.10 Å². The van der Waals surface area contributed by atoms with Gasteiger partial charge >= 0.3 is 5.91 Å². The van der Waals surface area contributed by atoms with Gasteiger partial charge in [-0.15, -0.1) is 11.3 Å². The SMILES string of the molecule is CC(C)Oc1ccc(-c2ccc(C(=O)NN=Cc3cc(CN(C)C)cs3)o2)cc1. The second-order valence-corrected chi connectivity index (χ2v) is 8.09. The van der Waals surface area contributed by atoms with Crippen LogP contribution >= 0.6 is 11.3 Å². The Hall–Kier alpha value is -2.90. The van der Waals surface area contributed by atoms with Gasteiger partial charge in [-0.3, -0.25) is 4.79 Å². The molecule has 0 spiro atoms. The minimum absolute atomic E-state index is 0.120. The third-order valence-electron chi connectivity index (χ3n) is 3.87. The molecule has 2 heterocycles. The Balaban J connectivity index is 1.58. The van der Waals surface area contributed by atoms with Crippen molar-refractivity contribution in [3.63, 3.8) is 0 Å². The molecule has 1 amide bonds. The molecule has 29 heavy (non-hydrogen) atoms. The first-order chi connectivity index (χ1) is 13.9. The zero-order valence-corrected chi connectivity index (χ0v) is 17.8. The molecule has 7 heteroatoms. The van der Waals surface area contributed by atoms with Gasteiger partial charge in [0, 0.05) is 17.0 Å². The average molecular weight is 412 g/mol. The van der Waals surface area contributed by atoms with Crippen LogP contribution in [0.5, 0.6) is 5.75 Å². The average Bonchev–Trinajstić information content (AvgIpc) is 3.31. The summed E-state index contributed by atoms with van der Waals surface area (Å²) in [7, 11) is 4.05. The first-order valence-electron chi connectivity index (χ1n) is 9.33. The second kappa shape index (κ2) is 9.54. The Bertz CT molecular complexity index is 971. The third-order valence-corrected chi connectivity index (χ3v) is 4.79. The fraction of sp³-hybridized carbons (Fsp3) is 0.273. The highest BCUT2D eigenvalue weighted by molar-refractivity contribution is 7.11. The quantitative estimate of drug-likeness (QED) is 0.434. The maximum absolute atomic E-state index is 12.3. The van der Waals surface area contributed by atoms with Crippen LogP contribution in [0.25, 0.3) is 11.3 Å². The van der Waals surface area contributed by atoms with E-state index < -0.39 is 5.91 Å². The summed E-state index contributed by atoms with van der Waals surface area (Å²) in [5.41, 5.74) is 4.59. The van der Waals surface area contributed by atoms with Crippen molar-refractivity contribution < 1.29 is 13.9 Å². The molecule has 152 valence electrons. The molecule has 0 radical (unpaired) electrons. The van der Waals surface area contributed by atoms with Gasteiger partial charge in [-0.1, -0.05) is 0 Å². The molecule has 0 unspecified atom stereocenters. The number of nitrogens with one attached hydrogen (secondary N) is 1. The molecule has 0 bridgehead atoms. The smallest absolute Gasteiger partial charge is 0.307 e. The number of nitrogens with zero attached hydrogens (tertiary/aromatic N) is 2. The molecule has 0 saturated heterocycles. The molecule has 3 rings (SSSR count). The highest BCUT2D eigenvalue weighted by atomic mass is 32.1. The van der Waals surface area contributed by atoms with Crippen LogP contribution in [0.4, 0.5) is 0 Å². The van der Waals surface area contributed by atoms with Gasteiger partial charge in [-0.2, -0.15) is 5.10 Å². The number of furan rings is 1. The van der Waals surface area contributed by atoms with Crippen molar-refractivity contribution in [2.45, 2.75) is 26.5 Å². The summed E-state index contributed by atoms with van der Waals surface area (Å²) in [6.45, 7) is 4.83. The van der Waals surface area contributed by atoms with E-state index in [1.807, 2.05) is 52.2 Å². The molecular formula is C22H25N3O3S. The molecule has 1 N–H and O–H groups in total. The van der Waals surface area contributed by atoms with E-state index in [4.69, 9.17) is 9.15 Å². The number of carbonyl (C=O) groups excluding carboxylic acids is 1. The minimum Gasteiger partial charge on any atom is -0.491 e. The summed E-state index contributed by atoms with van der Waals surface area (Å²) in [5.74, 6) is 1.23. The van der Waals surface area contributed by atoms with Crippen LogP contribution in [-0.2, 0) is 6.54 Å². The molecule has 0 aliphatic rings. The fourth-order valence-corrected chi connectivity index (χ4v) is 3.47. The van der Waals surface area contributed by atoms with E-state index in [2.05, 4.69) is 26.9 Å². The molecule has 0 atom stereocenters. The van der Waals surface area contributed by atoms with Gasteiger partial charge in [0.2, 0.25) is 0 Å². The van der Waals surface area contributed by atoms with E-state index in [9.17, 15) is 4.79 Å². The van der Waals surface area contributed by atoms with Crippen molar-refractivity contribution in [3.8, 4) is 17.1 Å². The van der Waals surface area contributed by atoms with E-state index in [1.165, 1.54) is 5.56 Å². The molecule has 1 aromatic carbocycles. The lowest BCUT2D eigenvalue weighted by Gasteiger charge is -2.09. The minimum atomic E-state index is -0.391. The summed E-state index contributed by atoms with van der Waals surface area (Å²) >= 11 is 1.58. The zero-order valence-electron chi connectivity index (χ0n) is 17.0. The van der Waals surface area contributed by atoms with Gasteiger partial charge < -0.3 is 14.1 Å². The number of carbonyl (C=O) groups is 1. The molecule has 0 aliphatic heterocycles. The maximum Gasteiger partial charge on any atom is 0.307 e. The lowest BCUT2D eigenvalue weighted by atomic mass is 10.2. The number of amides is 1. The van der Waals surface area contributed by atoms with Gasteiger partial charge in [0.25, 0.3) is 0 Å². The molecule has 0 saturated carbocycles. The van der Waals surface area contributed by atoms with Crippen LogP contribution in [0.15, 0.2) is 57.4 Å². The van der Waals surface area contributed by atoms with E-state index in [1.54, 1.807) is 29.7 Å². The van der Waals surface area contributed by atoms with Crippen molar-refractivity contribution in [2.75, 3.05) is 14.1 Å². The van der Waals surface area contributed by atoms with Crippen molar-refractivity contribution in [1.82, 2.24) is 10.3 Å².